The normalized spacial score (nSPS) is 10.5. The number of rotatable bonds is 7. The average Bonchev–Trinajstić information content (AvgIpc) is 3.24. The molecule has 2 amide bonds. The predicted molar refractivity (Wildman–Crippen MR) is 114 cm³/mol. The van der Waals surface area contributed by atoms with E-state index in [1.165, 1.54) is 31.6 Å². The lowest BCUT2D eigenvalue weighted by Crippen LogP contribution is -2.17. The van der Waals surface area contributed by atoms with Crippen LogP contribution in [0.4, 0.5) is 15.8 Å². The molecule has 31 heavy (non-hydrogen) atoms. The van der Waals surface area contributed by atoms with Gasteiger partial charge in [0.15, 0.2) is 5.78 Å². The predicted octanol–water partition coefficient (Wildman–Crippen LogP) is 4.31. The lowest BCUT2D eigenvalue weighted by atomic mass is 10.1. The highest BCUT2D eigenvalue weighted by atomic mass is 35.5. The number of ketones is 1. The molecule has 10 heteroatoms. The molecule has 0 saturated heterocycles. The van der Waals surface area contributed by atoms with Gasteiger partial charge in [0.25, 0.3) is 11.8 Å². The zero-order valence-corrected chi connectivity index (χ0v) is 17.3. The molecule has 1 aromatic heterocycles. The molecule has 0 aliphatic rings. The summed E-state index contributed by atoms with van der Waals surface area (Å²) < 4.78 is 18.5. The van der Waals surface area contributed by atoms with Gasteiger partial charge in [-0.25, -0.2) is 9.37 Å². The van der Waals surface area contributed by atoms with Crippen LogP contribution < -0.4 is 15.4 Å². The van der Waals surface area contributed by atoms with E-state index in [0.717, 1.165) is 12.1 Å². The maximum absolute atomic E-state index is 13.2. The van der Waals surface area contributed by atoms with E-state index in [1.54, 1.807) is 13.0 Å². The van der Waals surface area contributed by atoms with Crippen molar-refractivity contribution < 1.29 is 23.5 Å². The number of anilines is 2. The summed E-state index contributed by atoms with van der Waals surface area (Å²) in [5.41, 5.74) is 0.884. The monoisotopic (exact) mass is 444 g/mol. The Bertz CT molecular complexity index is 1160. The second kappa shape index (κ2) is 9.40. The van der Waals surface area contributed by atoms with Gasteiger partial charge in [-0.1, -0.05) is 18.5 Å². The zero-order valence-electron chi connectivity index (χ0n) is 16.6. The van der Waals surface area contributed by atoms with Gasteiger partial charge in [0.1, 0.15) is 23.0 Å². The van der Waals surface area contributed by atoms with Crippen LogP contribution in [0.1, 0.15) is 44.7 Å². The summed E-state index contributed by atoms with van der Waals surface area (Å²) in [7, 11) is 1.40. The van der Waals surface area contributed by atoms with Crippen LogP contribution in [-0.2, 0) is 0 Å². The number of carbonyl (C=O) groups excluding carboxylic acids is 3. The molecule has 8 nitrogen and oxygen atoms in total. The molecule has 0 atom stereocenters. The highest BCUT2D eigenvalue weighted by Crippen LogP contribution is 2.29. The van der Waals surface area contributed by atoms with Crippen molar-refractivity contribution in [1.29, 1.82) is 0 Å². The number of H-pyrrole nitrogens is 1. The number of hydrogen-bond donors (Lipinski definition) is 3. The van der Waals surface area contributed by atoms with Crippen molar-refractivity contribution in [3.05, 3.63) is 70.5 Å². The van der Waals surface area contributed by atoms with Gasteiger partial charge in [0, 0.05) is 18.2 Å². The van der Waals surface area contributed by atoms with Crippen LogP contribution in [0, 0.1) is 5.82 Å². The third kappa shape index (κ3) is 4.89. The molecule has 0 unspecified atom stereocenters. The summed E-state index contributed by atoms with van der Waals surface area (Å²) in [5, 5.41) is 5.25. The van der Waals surface area contributed by atoms with Gasteiger partial charge in [0.2, 0.25) is 0 Å². The lowest BCUT2D eigenvalue weighted by Gasteiger charge is -2.13. The molecule has 0 radical (unpaired) electrons. The van der Waals surface area contributed by atoms with Gasteiger partial charge in [0.05, 0.1) is 29.7 Å². The summed E-state index contributed by atoms with van der Waals surface area (Å²) in [6.07, 6.45) is 1.49. The first kappa shape index (κ1) is 22.0. The van der Waals surface area contributed by atoms with Crippen molar-refractivity contribution >= 4 is 40.6 Å². The molecule has 0 aliphatic heterocycles. The van der Waals surface area contributed by atoms with E-state index < -0.39 is 17.6 Å². The fourth-order valence-electron chi connectivity index (χ4n) is 2.78. The fourth-order valence-corrected chi connectivity index (χ4v) is 3.03. The molecular weight excluding hydrogens is 427 g/mol. The van der Waals surface area contributed by atoms with Gasteiger partial charge in [-0.3, -0.25) is 14.4 Å². The number of ether oxygens (including phenoxy) is 1. The van der Waals surface area contributed by atoms with Crippen molar-refractivity contribution in [3.63, 3.8) is 0 Å². The minimum Gasteiger partial charge on any atom is -0.494 e. The van der Waals surface area contributed by atoms with E-state index in [2.05, 4.69) is 20.6 Å². The van der Waals surface area contributed by atoms with Crippen LogP contribution in [-0.4, -0.2) is 34.7 Å². The molecule has 0 fully saturated rings. The SMILES string of the molecule is CCC(=O)c1nc[nH]c1C(=O)Nc1ccc(NC(=O)c2ccc(F)cc2Cl)c(OC)c1. The van der Waals surface area contributed by atoms with Gasteiger partial charge in [-0.2, -0.15) is 0 Å². The van der Waals surface area contributed by atoms with Crippen molar-refractivity contribution in [3.8, 4) is 5.75 Å². The maximum Gasteiger partial charge on any atom is 0.274 e. The van der Waals surface area contributed by atoms with Crippen LogP contribution in [0.15, 0.2) is 42.7 Å². The smallest absolute Gasteiger partial charge is 0.274 e. The molecule has 3 rings (SSSR count). The molecule has 0 saturated carbocycles. The van der Waals surface area contributed by atoms with E-state index in [1.807, 2.05) is 0 Å². The first-order valence-corrected chi connectivity index (χ1v) is 9.54. The van der Waals surface area contributed by atoms with Gasteiger partial charge in [-0.15, -0.1) is 0 Å². The number of halogens is 2. The number of aromatic amines is 1. The minimum absolute atomic E-state index is 0.0302. The summed E-state index contributed by atoms with van der Waals surface area (Å²) >= 11 is 5.93. The molecule has 0 bridgehead atoms. The minimum atomic E-state index is -0.555. The molecule has 0 aliphatic carbocycles. The number of imidazole rings is 1. The number of nitrogens with zero attached hydrogens (tertiary/aromatic N) is 1. The van der Waals surface area contributed by atoms with E-state index in [9.17, 15) is 18.8 Å². The van der Waals surface area contributed by atoms with Gasteiger partial charge in [-0.05, 0) is 30.3 Å². The number of amides is 2. The summed E-state index contributed by atoms with van der Waals surface area (Å²) in [6.45, 7) is 1.68. The molecule has 1 heterocycles. The number of benzene rings is 2. The Morgan fingerprint density at radius 1 is 1.13 bits per heavy atom. The number of Topliss-reactive ketones (excluding diaryl/α,β-unsaturated/α-hetero) is 1. The third-order valence-corrected chi connectivity index (χ3v) is 4.65. The second-order valence-corrected chi connectivity index (χ2v) is 6.76. The molecule has 0 spiro atoms. The molecule has 3 aromatic rings. The third-order valence-electron chi connectivity index (χ3n) is 4.33. The molecule has 2 aromatic carbocycles. The van der Waals surface area contributed by atoms with Crippen LogP contribution in [0.2, 0.25) is 5.02 Å². The van der Waals surface area contributed by atoms with Crippen molar-refractivity contribution in [2.24, 2.45) is 0 Å². The van der Waals surface area contributed by atoms with E-state index in [-0.39, 0.29) is 39.9 Å². The fraction of sp³-hybridized carbons (Fsp3) is 0.143. The highest BCUT2D eigenvalue weighted by molar-refractivity contribution is 6.34. The largest absolute Gasteiger partial charge is 0.494 e. The Balaban J connectivity index is 1.78. The Hall–Kier alpha value is -3.72. The highest BCUT2D eigenvalue weighted by Gasteiger charge is 2.20. The second-order valence-electron chi connectivity index (χ2n) is 6.35. The van der Waals surface area contributed by atoms with Crippen molar-refractivity contribution in [2.45, 2.75) is 13.3 Å². The number of aromatic nitrogens is 2. The maximum atomic E-state index is 13.2. The van der Waals surface area contributed by atoms with Gasteiger partial charge >= 0.3 is 0 Å². The summed E-state index contributed by atoms with van der Waals surface area (Å²) in [6, 6.07) is 8.00. The number of hydrogen-bond acceptors (Lipinski definition) is 5. The van der Waals surface area contributed by atoms with E-state index in [0.29, 0.717) is 11.4 Å². The molecule has 160 valence electrons. The molecular formula is C21H18ClFN4O4. The lowest BCUT2D eigenvalue weighted by molar-refractivity contribution is 0.0963. The Labute approximate surface area is 181 Å². The van der Waals surface area contributed by atoms with Crippen molar-refractivity contribution in [2.75, 3.05) is 17.7 Å². The van der Waals surface area contributed by atoms with Crippen LogP contribution in [0.3, 0.4) is 0 Å². The number of nitrogens with one attached hydrogen (secondary N) is 3. The Kier molecular flexibility index (Phi) is 6.66. The van der Waals surface area contributed by atoms with E-state index in [4.69, 9.17) is 16.3 Å². The molecule has 3 N–H and O–H groups in total. The Morgan fingerprint density at radius 3 is 2.58 bits per heavy atom. The first-order chi connectivity index (χ1) is 14.8. The van der Waals surface area contributed by atoms with Crippen LogP contribution in [0.25, 0.3) is 0 Å². The van der Waals surface area contributed by atoms with Gasteiger partial charge < -0.3 is 20.4 Å². The zero-order chi connectivity index (χ0) is 22.5. The van der Waals surface area contributed by atoms with Crippen LogP contribution in [0.5, 0.6) is 5.75 Å². The quantitative estimate of drug-likeness (QED) is 0.470. The summed E-state index contributed by atoms with van der Waals surface area (Å²) in [5.74, 6) is -1.66. The topological polar surface area (TPSA) is 113 Å². The number of methoxy groups -OCH3 is 1. The first-order valence-electron chi connectivity index (χ1n) is 9.16. The average molecular weight is 445 g/mol. The standard InChI is InChI=1S/C21H18ClFN4O4/c1-3-16(28)18-19(25-10-24-18)21(30)26-12-5-7-15(17(9-12)31-2)27-20(29)13-6-4-11(23)8-14(13)22/h4-10H,3H2,1-2H3,(H,24,25)(H,26,30)(H,27,29). The van der Waals surface area contributed by atoms with Crippen LogP contribution >= 0.6 is 11.6 Å². The van der Waals surface area contributed by atoms with E-state index >= 15 is 0 Å². The number of carbonyl (C=O) groups is 3. The Morgan fingerprint density at radius 2 is 1.90 bits per heavy atom. The summed E-state index contributed by atoms with van der Waals surface area (Å²) in [4.78, 5) is 43.5. The van der Waals surface area contributed by atoms with Crippen molar-refractivity contribution in [1.82, 2.24) is 9.97 Å².